The summed E-state index contributed by atoms with van der Waals surface area (Å²) >= 11 is 0. The normalized spacial score (nSPS) is 14.9. The number of para-hydroxylation sites is 3. The van der Waals surface area contributed by atoms with E-state index in [1.807, 2.05) is 0 Å². The molecule has 0 bridgehead atoms. The van der Waals surface area contributed by atoms with Crippen LogP contribution < -0.4 is 10.4 Å². The molecule has 1 unspecified atom stereocenters. The van der Waals surface area contributed by atoms with Crippen molar-refractivity contribution in [1.82, 2.24) is 9.55 Å². The van der Waals surface area contributed by atoms with E-state index in [0.717, 1.165) is 28.1 Å². The van der Waals surface area contributed by atoms with Crippen LogP contribution in [-0.2, 0) is 0 Å². The number of aromatic nitrogens is 2. The molecular weight excluding hydrogens is 677 g/mol. The third kappa shape index (κ3) is 5.38. The van der Waals surface area contributed by atoms with Gasteiger partial charge in [0.25, 0.3) is 0 Å². The predicted octanol–water partition coefficient (Wildman–Crippen LogP) is 11.7. The minimum absolute atomic E-state index is 0.0918. The van der Waals surface area contributed by atoms with Crippen LogP contribution in [0.2, 0.25) is 0 Å². The maximum absolute atomic E-state index is 5.13. The van der Waals surface area contributed by atoms with Gasteiger partial charge in [-0.25, -0.2) is 4.98 Å². The molecule has 0 spiro atoms. The highest BCUT2D eigenvalue weighted by molar-refractivity contribution is 5.95. The molecule has 0 N–H and O–H groups in total. The summed E-state index contributed by atoms with van der Waals surface area (Å²) in [5, 5.41) is 7.52. The molecule has 262 valence electrons. The van der Waals surface area contributed by atoms with Crippen molar-refractivity contribution in [3.8, 4) is 28.2 Å². The van der Waals surface area contributed by atoms with E-state index in [2.05, 4.69) is 217 Å². The van der Waals surface area contributed by atoms with Gasteiger partial charge >= 0.3 is 0 Å². The van der Waals surface area contributed by atoms with E-state index >= 15 is 0 Å². The van der Waals surface area contributed by atoms with E-state index in [0.29, 0.717) is 0 Å². The molecule has 2 heteroatoms. The van der Waals surface area contributed by atoms with E-state index in [-0.39, 0.29) is 5.92 Å². The van der Waals surface area contributed by atoms with Gasteiger partial charge in [0, 0.05) is 17.2 Å². The second-order valence-electron chi connectivity index (χ2n) is 14.7. The van der Waals surface area contributed by atoms with Crippen molar-refractivity contribution in [3.05, 3.63) is 240 Å². The van der Waals surface area contributed by atoms with Crippen molar-refractivity contribution < 1.29 is 0 Å². The van der Waals surface area contributed by atoms with Gasteiger partial charge in [-0.2, -0.15) is 0 Å². The smallest absolute Gasteiger partial charge is 0.145 e. The Morgan fingerprint density at radius 3 is 1.84 bits per heavy atom. The summed E-state index contributed by atoms with van der Waals surface area (Å²) in [5.41, 5.74) is 13.0. The van der Waals surface area contributed by atoms with Crippen LogP contribution in [0.1, 0.15) is 11.1 Å². The van der Waals surface area contributed by atoms with Crippen LogP contribution in [0.5, 0.6) is 0 Å². The third-order valence-corrected chi connectivity index (χ3v) is 11.5. The Labute approximate surface area is 325 Å². The van der Waals surface area contributed by atoms with Crippen LogP contribution in [0.15, 0.2) is 218 Å². The third-order valence-electron chi connectivity index (χ3n) is 11.5. The van der Waals surface area contributed by atoms with Gasteiger partial charge in [-0.05, 0) is 113 Å². The number of imidazole rings is 1. The Bertz CT molecular complexity index is 3230. The summed E-state index contributed by atoms with van der Waals surface area (Å²) in [4.78, 5) is 5.13. The highest BCUT2D eigenvalue weighted by atomic mass is 15.1. The van der Waals surface area contributed by atoms with Crippen molar-refractivity contribution in [3.63, 3.8) is 0 Å². The lowest BCUT2D eigenvalue weighted by molar-refractivity contribution is 1.01. The molecule has 1 heterocycles. The molecule has 11 rings (SSSR count). The van der Waals surface area contributed by atoms with Gasteiger partial charge in [0.15, 0.2) is 0 Å². The van der Waals surface area contributed by atoms with Crippen LogP contribution in [-0.4, -0.2) is 9.55 Å². The van der Waals surface area contributed by atoms with Crippen LogP contribution in [0.4, 0.5) is 0 Å². The maximum atomic E-state index is 5.13. The van der Waals surface area contributed by atoms with Crippen molar-refractivity contribution >= 4 is 43.7 Å². The molecule has 1 aromatic heterocycles. The molecule has 2 aliphatic carbocycles. The zero-order valence-electron chi connectivity index (χ0n) is 30.7. The predicted molar refractivity (Wildman–Crippen MR) is 234 cm³/mol. The first-order valence-electron chi connectivity index (χ1n) is 19.3. The van der Waals surface area contributed by atoms with Crippen LogP contribution in [0, 0.1) is 5.92 Å². The average Bonchev–Trinajstić information content (AvgIpc) is 3.49. The molecule has 0 amide bonds. The van der Waals surface area contributed by atoms with Crippen molar-refractivity contribution in [2.45, 2.75) is 0 Å². The summed E-state index contributed by atoms with van der Waals surface area (Å²) in [6, 6.07) is 66.1. The lowest BCUT2D eigenvalue weighted by atomic mass is 9.74. The molecule has 0 saturated carbocycles. The first-order valence-corrected chi connectivity index (χ1v) is 19.3. The standard InChI is InChI=1S/C54H36N2/c1-3-17-45(18-4-1)56-51-22-12-11-21-50(51)55-54(56)39-27-23-38(24-28-39)42-31-32-48-49(35-42)53(44-30-26-37-14-8-10-16-41(37)34-44)47-20-6-2-5-19-46(47)52(48)43-29-25-36-13-7-9-15-40(36)33-43/h1-35,46H. The maximum Gasteiger partial charge on any atom is 0.145 e. The molecule has 0 aliphatic heterocycles. The Morgan fingerprint density at radius 2 is 1.05 bits per heavy atom. The van der Waals surface area contributed by atoms with Crippen molar-refractivity contribution in [2.24, 2.45) is 5.92 Å². The summed E-state index contributed by atoms with van der Waals surface area (Å²) in [7, 11) is 0. The fraction of sp³-hybridized carbons (Fsp3) is 0.0185. The van der Waals surface area contributed by atoms with Gasteiger partial charge in [0.2, 0.25) is 0 Å². The van der Waals surface area contributed by atoms with E-state index in [1.165, 1.54) is 71.0 Å². The molecule has 8 aromatic carbocycles. The van der Waals surface area contributed by atoms with Gasteiger partial charge in [-0.15, -0.1) is 0 Å². The zero-order chi connectivity index (χ0) is 37.0. The van der Waals surface area contributed by atoms with Gasteiger partial charge in [0.05, 0.1) is 11.0 Å². The van der Waals surface area contributed by atoms with Gasteiger partial charge in [0.1, 0.15) is 5.82 Å². The Kier molecular flexibility index (Phi) is 7.60. The highest BCUT2D eigenvalue weighted by Crippen LogP contribution is 2.40. The summed E-state index contributed by atoms with van der Waals surface area (Å²) < 4.78 is 2.26. The topological polar surface area (TPSA) is 17.8 Å². The average molecular weight is 713 g/mol. The number of benzene rings is 8. The van der Waals surface area contributed by atoms with Crippen LogP contribution in [0.25, 0.3) is 71.9 Å². The SMILES string of the molecule is C1=CC=C2C(c3ccc4ccccc4c3)=c3cc(-c4ccc(-c5nc6ccccc6n5-c5ccccc5)cc4)ccc3=C(c3ccc4ccccc4c3)C2C=C1. The number of nitrogens with zero attached hydrogens (tertiary/aromatic N) is 2. The summed E-state index contributed by atoms with van der Waals surface area (Å²) in [6.07, 6.45) is 11.3. The Hall–Kier alpha value is -7.29. The van der Waals surface area contributed by atoms with Crippen molar-refractivity contribution in [2.75, 3.05) is 0 Å². The number of fused-ring (bicyclic) bond motifs is 5. The molecular formula is C54H36N2. The summed E-state index contributed by atoms with van der Waals surface area (Å²) in [6.45, 7) is 0. The zero-order valence-corrected chi connectivity index (χ0v) is 30.7. The van der Waals surface area contributed by atoms with E-state index in [9.17, 15) is 0 Å². The number of rotatable bonds is 5. The minimum atomic E-state index is 0.0918. The largest absolute Gasteiger partial charge is 0.292 e. The lowest BCUT2D eigenvalue weighted by Crippen LogP contribution is -2.37. The Morgan fingerprint density at radius 1 is 0.429 bits per heavy atom. The molecule has 56 heavy (non-hydrogen) atoms. The molecule has 0 saturated heterocycles. The molecule has 2 nitrogen and oxygen atoms in total. The van der Waals surface area contributed by atoms with Gasteiger partial charge in [-0.1, -0.05) is 170 Å². The van der Waals surface area contributed by atoms with E-state index in [4.69, 9.17) is 4.98 Å². The first kappa shape index (κ1) is 32.2. The van der Waals surface area contributed by atoms with E-state index in [1.54, 1.807) is 0 Å². The number of hydrogen-bond donors (Lipinski definition) is 0. The monoisotopic (exact) mass is 712 g/mol. The lowest BCUT2D eigenvalue weighted by Gasteiger charge is -2.28. The first-order chi connectivity index (χ1) is 27.8. The number of allylic oxidation sites excluding steroid dienone is 6. The minimum Gasteiger partial charge on any atom is -0.292 e. The molecule has 1 atom stereocenters. The molecule has 0 fully saturated rings. The molecule has 2 aliphatic rings. The summed E-state index contributed by atoms with van der Waals surface area (Å²) in [5.74, 6) is 1.03. The fourth-order valence-electron chi connectivity index (χ4n) is 8.81. The van der Waals surface area contributed by atoms with Crippen molar-refractivity contribution in [1.29, 1.82) is 0 Å². The molecule has 0 radical (unpaired) electrons. The van der Waals surface area contributed by atoms with Crippen LogP contribution >= 0.6 is 0 Å². The quantitative estimate of drug-likeness (QED) is 0.174. The fourth-order valence-corrected chi connectivity index (χ4v) is 8.81. The molecule has 9 aromatic rings. The highest BCUT2D eigenvalue weighted by Gasteiger charge is 2.28. The van der Waals surface area contributed by atoms with Crippen LogP contribution in [0.3, 0.4) is 0 Å². The number of hydrogen-bond acceptors (Lipinski definition) is 1. The van der Waals surface area contributed by atoms with E-state index < -0.39 is 0 Å². The second kappa shape index (κ2) is 13.2. The Balaban J connectivity index is 1.14. The van der Waals surface area contributed by atoms with Gasteiger partial charge in [-0.3, -0.25) is 4.57 Å². The second-order valence-corrected chi connectivity index (χ2v) is 14.7. The van der Waals surface area contributed by atoms with Gasteiger partial charge < -0.3 is 0 Å².